The van der Waals surface area contributed by atoms with E-state index in [0.29, 0.717) is 0 Å². The van der Waals surface area contributed by atoms with E-state index < -0.39 is 0 Å². The molecule has 0 spiro atoms. The van der Waals surface area contributed by atoms with Gasteiger partial charge in [-0.3, -0.25) is 4.99 Å². The smallest absolute Gasteiger partial charge is 0.190 e. The van der Waals surface area contributed by atoms with Crippen LogP contribution in [0.25, 0.3) is 0 Å². The van der Waals surface area contributed by atoms with Gasteiger partial charge in [-0.25, -0.2) is 0 Å². The van der Waals surface area contributed by atoms with Crippen molar-refractivity contribution in [1.29, 1.82) is 0 Å². The van der Waals surface area contributed by atoms with Crippen molar-refractivity contribution in [1.82, 2.24) is 15.5 Å². The highest BCUT2D eigenvalue weighted by molar-refractivity contribution is 14.0. The standard InChI is InChI=1S/C18H29ClN4.HI/c1-20-18(21-11-7-15-3-5-17(19)6-4-15)22-12-8-16-9-13-23(2)14-10-16;/h3-6,16H,7-14H2,1-2H3,(H2,20,21,22);1H. The summed E-state index contributed by atoms with van der Waals surface area (Å²) in [6.07, 6.45) is 4.83. The van der Waals surface area contributed by atoms with Gasteiger partial charge in [0.25, 0.3) is 0 Å². The van der Waals surface area contributed by atoms with Crippen molar-refractivity contribution in [2.24, 2.45) is 10.9 Å². The Hall–Kier alpha value is -0.530. The molecular weight excluding hydrogens is 435 g/mol. The van der Waals surface area contributed by atoms with E-state index in [1.165, 1.54) is 37.9 Å². The number of aliphatic imine (C=N–C) groups is 1. The van der Waals surface area contributed by atoms with Gasteiger partial charge >= 0.3 is 0 Å². The summed E-state index contributed by atoms with van der Waals surface area (Å²) in [6.45, 7) is 4.34. The second-order valence-corrected chi connectivity index (χ2v) is 6.77. The van der Waals surface area contributed by atoms with Crippen LogP contribution >= 0.6 is 35.6 Å². The van der Waals surface area contributed by atoms with Crippen LogP contribution in [0.5, 0.6) is 0 Å². The highest BCUT2D eigenvalue weighted by atomic mass is 127. The Morgan fingerprint density at radius 2 is 1.79 bits per heavy atom. The molecule has 1 aliphatic rings. The minimum Gasteiger partial charge on any atom is -0.356 e. The number of guanidine groups is 1. The number of hydrogen-bond donors (Lipinski definition) is 2. The lowest BCUT2D eigenvalue weighted by molar-refractivity contribution is 0.213. The van der Waals surface area contributed by atoms with E-state index in [4.69, 9.17) is 11.6 Å². The van der Waals surface area contributed by atoms with Gasteiger partial charge in [0.1, 0.15) is 0 Å². The Morgan fingerprint density at radius 1 is 1.17 bits per heavy atom. The van der Waals surface area contributed by atoms with Crippen LogP contribution in [-0.4, -0.2) is 51.1 Å². The maximum Gasteiger partial charge on any atom is 0.190 e. The third-order valence-corrected chi connectivity index (χ3v) is 4.78. The van der Waals surface area contributed by atoms with Gasteiger partial charge in [-0.2, -0.15) is 0 Å². The minimum absolute atomic E-state index is 0. The summed E-state index contributed by atoms with van der Waals surface area (Å²) in [5, 5.41) is 7.59. The van der Waals surface area contributed by atoms with Crippen LogP contribution in [0.2, 0.25) is 5.02 Å². The average molecular weight is 465 g/mol. The first-order valence-electron chi connectivity index (χ1n) is 8.55. The van der Waals surface area contributed by atoms with Crippen molar-refractivity contribution in [3.63, 3.8) is 0 Å². The molecule has 136 valence electrons. The molecule has 24 heavy (non-hydrogen) atoms. The minimum atomic E-state index is 0. The van der Waals surface area contributed by atoms with Crippen LogP contribution in [0.15, 0.2) is 29.3 Å². The molecule has 1 fully saturated rings. The van der Waals surface area contributed by atoms with E-state index in [-0.39, 0.29) is 24.0 Å². The molecular formula is C18H30ClIN4. The molecule has 0 unspecified atom stereocenters. The highest BCUT2D eigenvalue weighted by Gasteiger charge is 2.16. The Morgan fingerprint density at radius 3 is 2.42 bits per heavy atom. The molecule has 1 heterocycles. The molecule has 0 atom stereocenters. The fraction of sp³-hybridized carbons (Fsp3) is 0.611. The van der Waals surface area contributed by atoms with E-state index in [2.05, 4.69) is 39.7 Å². The highest BCUT2D eigenvalue weighted by Crippen LogP contribution is 2.18. The molecule has 1 aromatic rings. The van der Waals surface area contributed by atoms with Crippen LogP contribution in [0.3, 0.4) is 0 Å². The fourth-order valence-corrected chi connectivity index (χ4v) is 3.07. The lowest BCUT2D eigenvalue weighted by Gasteiger charge is -2.29. The van der Waals surface area contributed by atoms with E-state index >= 15 is 0 Å². The number of likely N-dealkylation sites (tertiary alicyclic amines) is 1. The van der Waals surface area contributed by atoms with Crippen LogP contribution < -0.4 is 10.6 Å². The summed E-state index contributed by atoms with van der Waals surface area (Å²) in [6, 6.07) is 8.01. The predicted octanol–water partition coefficient (Wildman–Crippen LogP) is 3.40. The molecule has 1 saturated heterocycles. The summed E-state index contributed by atoms with van der Waals surface area (Å²) in [5.74, 6) is 1.75. The monoisotopic (exact) mass is 464 g/mol. The Labute approximate surface area is 168 Å². The van der Waals surface area contributed by atoms with Gasteiger partial charge in [-0.1, -0.05) is 23.7 Å². The number of nitrogens with zero attached hydrogens (tertiary/aromatic N) is 2. The van der Waals surface area contributed by atoms with Gasteiger partial charge in [-0.05, 0) is 69.4 Å². The largest absolute Gasteiger partial charge is 0.356 e. The van der Waals surface area contributed by atoms with Crippen molar-refractivity contribution in [3.8, 4) is 0 Å². The first-order chi connectivity index (χ1) is 11.2. The maximum absolute atomic E-state index is 5.90. The predicted molar refractivity (Wildman–Crippen MR) is 115 cm³/mol. The number of benzene rings is 1. The van der Waals surface area contributed by atoms with Crippen molar-refractivity contribution >= 4 is 41.5 Å². The third kappa shape index (κ3) is 8.03. The number of piperidine rings is 1. The van der Waals surface area contributed by atoms with Crippen molar-refractivity contribution in [3.05, 3.63) is 34.9 Å². The van der Waals surface area contributed by atoms with Gasteiger partial charge in [0.15, 0.2) is 5.96 Å². The molecule has 1 aromatic carbocycles. The number of rotatable bonds is 6. The number of nitrogens with one attached hydrogen (secondary N) is 2. The Balaban J connectivity index is 0.00000288. The average Bonchev–Trinajstić information content (AvgIpc) is 2.57. The summed E-state index contributed by atoms with van der Waals surface area (Å²) < 4.78 is 0. The molecule has 4 nitrogen and oxygen atoms in total. The zero-order valence-electron chi connectivity index (χ0n) is 14.7. The molecule has 0 aliphatic carbocycles. The van der Waals surface area contributed by atoms with E-state index in [1.807, 2.05) is 19.2 Å². The fourth-order valence-electron chi connectivity index (χ4n) is 2.94. The van der Waals surface area contributed by atoms with Crippen LogP contribution in [0.1, 0.15) is 24.8 Å². The van der Waals surface area contributed by atoms with Gasteiger partial charge < -0.3 is 15.5 Å². The quantitative estimate of drug-likeness (QED) is 0.385. The molecule has 2 N–H and O–H groups in total. The summed E-state index contributed by atoms with van der Waals surface area (Å²) >= 11 is 5.90. The molecule has 1 aliphatic heterocycles. The van der Waals surface area contributed by atoms with Crippen molar-refractivity contribution in [2.75, 3.05) is 40.3 Å². The Kier molecular flexibility index (Phi) is 10.7. The molecule has 0 radical (unpaired) electrons. The van der Waals surface area contributed by atoms with Crippen LogP contribution in [0, 0.1) is 5.92 Å². The van der Waals surface area contributed by atoms with E-state index in [1.54, 1.807) is 0 Å². The topological polar surface area (TPSA) is 39.7 Å². The SMILES string of the molecule is CN=C(NCCc1ccc(Cl)cc1)NCCC1CCN(C)CC1.I. The van der Waals surface area contributed by atoms with Crippen LogP contribution in [0.4, 0.5) is 0 Å². The number of halogens is 2. The Bertz CT molecular complexity index is 484. The molecule has 0 bridgehead atoms. The van der Waals surface area contributed by atoms with Gasteiger partial charge in [0.05, 0.1) is 0 Å². The molecule has 0 amide bonds. The molecule has 6 heteroatoms. The number of hydrogen-bond acceptors (Lipinski definition) is 2. The second kappa shape index (κ2) is 11.9. The zero-order valence-corrected chi connectivity index (χ0v) is 17.8. The van der Waals surface area contributed by atoms with Gasteiger partial charge in [-0.15, -0.1) is 24.0 Å². The summed E-state index contributed by atoms with van der Waals surface area (Å²) in [7, 11) is 4.04. The van der Waals surface area contributed by atoms with Crippen LogP contribution in [-0.2, 0) is 6.42 Å². The molecule has 0 saturated carbocycles. The summed E-state index contributed by atoms with van der Waals surface area (Å²) in [4.78, 5) is 6.71. The van der Waals surface area contributed by atoms with Gasteiger partial charge in [0, 0.05) is 25.2 Å². The lowest BCUT2D eigenvalue weighted by Crippen LogP contribution is -2.39. The van der Waals surface area contributed by atoms with Crippen molar-refractivity contribution in [2.45, 2.75) is 25.7 Å². The first kappa shape index (κ1) is 21.5. The lowest BCUT2D eigenvalue weighted by atomic mass is 9.94. The maximum atomic E-state index is 5.90. The molecule has 2 rings (SSSR count). The summed E-state index contributed by atoms with van der Waals surface area (Å²) in [5.41, 5.74) is 1.28. The second-order valence-electron chi connectivity index (χ2n) is 6.34. The van der Waals surface area contributed by atoms with Gasteiger partial charge in [0.2, 0.25) is 0 Å². The van der Waals surface area contributed by atoms with E-state index in [9.17, 15) is 0 Å². The first-order valence-corrected chi connectivity index (χ1v) is 8.92. The third-order valence-electron chi connectivity index (χ3n) is 4.53. The molecule has 0 aromatic heterocycles. The van der Waals surface area contributed by atoms with E-state index in [0.717, 1.165) is 36.4 Å². The zero-order chi connectivity index (χ0) is 16.5. The normalized spacial score (nSPS) is 16.5. The van der Waals surface area contributed by atoms with Crippen molar-refractivity contribution < 1.29 is 0 Å².